The molecule has 0 saturated heterocycles. The summed E-state index contributed by atoms with van der Waals surface area (Å²) in [7, 11) is -3.55. The average Bonchev–Trinajstić information content (AvgIpc) is 2.97. The van der Waals surface area contributed by atoms with Crippen molar-refractivity contribution in [2.75, 3.05) is 5.32 Å². The van der Waals surface area contributed by atoms with Crippen LogP contribution in [0.25, 0.3) is 0 Å². The van der Waals surface area contributed by atoms with E-state index in [0.29, 0.717) is 49.0 Å². The monoisotopic (exact) mass is 405 g/mol. The second kappa shape index (κ2) is 5.54. The molecule has 0 fully saturated rings. The number of urea groups is 1. The first-order valence-corrected chi connectivity index (χ1v) is 10.7. The molecule has 148 valence electrons. The van der Waals surface area contributed by atoms with E-state index in [2.05, 4.69) is 14.8 Å². The van der Waals surface area contributed by atoms with Crippen molar-refractivity contribution in [3.8, 4) is 5.88 Å². The first-order chi connectivity index (χ1) is 13.2. The van der Waals surface area contributed by atoms with Gasteiger partial charge in [0.2, 0.25) is 5.88 Å². The third kappa shape index (κ3) is 2.47. The van der Waals surface area contributed by atoms with E-state index in [-0.39, 0.29) is 16.6 Å². The van der Waals surface area contributed by atoms with Gasteiger partial charge < -0.3 is 10.1 Å². The van der Waals surface area contributed by atoms with Crippen molar-refractivity contribution in [3.05, 3.63) is 34.3 Å². The average molecular weight is 405 g/mol. The predicted molar refractivity (Wildman–Crippen MR) is 100 cm³/mol. The lowest BCUT2D eigenvalue weighted by molar-refractivity contribution is 0.132. The van der Waals surface area contributed by atoms with Crippen molar-refractivity contribution >= 4 is 21.6 Å². The number of fused-ring (bicyclic) bond motifs is 3. The number of carbonyl (C=O) groups excluding carboxylic acids is 1. The standard InChI is InChI=1S/C18H20FN5O3S/c1-18(2)8-24-16(27-18)13(7-21-24)28(20,26)23-17(25)22-15-11-5-3-9(11)14(19)10-4-6-12(10)15/h7H,3-6,8H2,1-2H3,(H3,20,22,23,25,26). The molecule has 0 radical (unpaired) electrons. The summed E-state index contributed by atoms with van der Waals surface area (Å²) >= 11 is 0. The minimum Gasteiger partial charge on any atom is -0.469 e. The van der Waals surface area contributed by atoms with Gasteiger partial charge in [0.25, 0.3) is 0 Å². The minimum absolute atomic E-state index is 0.0911. The molecule has 28 heavy (non-hydrogen) atoms. The summed E-state index contributed by atoms with van der Waals surface area (Å²) in [6, 6.07) is -0.820. The van der Waals surface area contributed by atoms with Crippen molar-refractivity contribution in [3.63, 3.8) is 0 Å². The molecule has 3 N–H and O–H groups in total. The summed E-state index contributed by atoms with van der Waals surface area (Å²) in [5.74, 6) is 0.124. The molecule has 0 saturated carbocycles. The number of anilines is 1. The fourth-order valence-electron chi connectivity index (χ4n) is 4.03. The number of hydrogen-bond donors (Lipinski definition) is 2. The van der Waals surface area contributed by atoms with Crippen LogP contribution in [0.4, 0.5) is 14.9 Å². The third-order valence-corrected chi connectivity index (χ3v) is 6.89. The van der Waals surface area contributed by atoms with Gasteiger partial charge in [-0.1, -0.05) is 0 Å². The molecule has 1 aromatic heterocycles. The van der Waals surface area contributed by atoms with Gasteiger partial charge in [-0.25, -0.2) is 23.2 Å². The van der Waals surface area contributed by atoms with Crippen molar-refractivity contribution in [2.24, 2.45) is 9.50 Å². The van der Waals surface area contributed by atoms with E-state index in [1.54, 1.807) is 4.68 Å². The minimum atomic E-state index is -3.55. The Balaban J connectivity index is 1.47. The number of ether oxygens (including phenoxy) is 1. The van der Waals surface area contributed by atoms with Crippen LogP contribution in [0.15, 0.2) is 15.5 Å². The van der Waals surface area contributed by atoms with E-state index < -0.39 is 21.5 Å². The normalized spacial score (nSPS) is 19.9. The van der Waals surface area contributed by atoms with E-state index in [4.69, 9.17) is 9.88 Å². The molecule has 5 rings (SSSR count). The summed E-state index contributed by atoms with van der Waals surface area (Å²) in [5.41, 5.74) is 3.03. The zero-order valence-electron chi connectivity index (χ0n) is 15.5. The van der Waals surface area contributed by atoms with Crippen molar-refractivity contribution in [2.45, 2.75) is 56.6 Å². The number of benzene rings is 1. The zero-order valence-corrected chi connectivity index (χ0v) is 16.4. The summed E-state index contributed by atoms with van der Waals surface area (Å²) in [5, 5.41) is 12.7. The van der Waals surface area contributed by atoms with Gasteiger partial charge in [0.15, 0.2) is 9.92 Å². The Bertz CT molecular complexity index is 1140. The predicted octanol–water partition coefficient (Wildman–Crippen LogP) is 2.32. The Morgan fingerprint density at radius 2 is 1.89 bits per heavy atom. The molecule has 10 heteroatoms. The van der Waals surface area contributed by atoms with E-state index in [0.717, 1.165) is 11.1 Å². The van der Waals surface area contributed by atoms with E-state index in [9.17, 15) is 13.4 Å². The fraction of sp³-hybridized carbons (Fsp3) is 0.444. The van der Waals surface area contributed by atoms with Gasteiger partial charge in [0.05, 0.1) is 12.7 Å². The largest absolute Gasteiger partial charge is 0.469 e. The summed E-state index contributed by atoms with van der Waals surface area (Å²) in [6.07, 6.45) is 4.05. The second-order valence-corrected chi connectivity index (χ2v) is 9.79. The molecular weight excluding hydrogens is 385 g/mol. The first-order valence-electron chi connectivity index (χ1n) is 9.12. The lowest BCUT2D eigenvalue weighted by Crippen LogP contribution is -2.27. The molecule has 1 aliphatic heterocycles. The molecule has 1 atom stereocenters. The number of nitrogens with zero attached hydrogens (tertiary/aromatic N) is 3. The molecule has 2 heterocycles. The maximum atomic E-state index is 14.3. The van der Waals surface area contributed by atoms with Gasteiger partial charge in [-0.3, -0.25) is 0 Å². The Kier molecular flexibility index (Phi) is 3.49. The van der Waals surface area contributed by atoms with Crippen LogP contribution in [-0.4, -0.2) is 25.6 Å². The van der Waals surface area contributed by atoms with Crippen LogP contribution in [0.2, 0.25) is 0 Å². The van der Waals surface area contributed by atoms with Crippen LogP contribution in [0.1, 0.15) is 36.1 Å². The molecule has 2 amide bonds. The highest BCUT2D eigenvalue weighted by molar-refractivity contribution is 7.91. The molecular formula is C18H20FN5O3S. The van der Waals surface area contributed by atoms with Gasteiger partial charge in [0, 0.05) is 5.69 Å². The SMILES string of the molecule is CC1(C)Cn2ncc(S(N)(=O)=NC(=O)Nc3c4c(c(F)c5c3CC5)CC4)c2O1. The summed E-state index contributed by atoms with van der Waals surface area (Å²) in [4.78, 5) is 12.6. The zero-order chi connectivity index (χ0) is 19.8. The van der Waals surface area contributed by atoms with Crippen LogP contribution in [-0.2, 0) is 42.1 Å². The molecule has 3 aliphatic rings. The Morgan fingerprint density at radius 1 is 1.29 bits per heavy atom. The van der Waals surface area contributed by atoms with Crippen LogP contribution < -0.4 is 15.2 Å². The quantitative estimate of drug-likeness (QED) is 0.798. The first kappa shape index (κ1) is 17.6. The van der Waals surface area contributed by atoms with Gasteiger partial charge in [-0.05, 0) is 61.8 Å². The van der Waals surface area contributed by atoms with Crippen molar-refractivity contribution < 1.29 is 18.1 Å². The van der Waals surface area contributed by atoms with Crippen molar-refractivity contribution in [1.29, 1.82) is 0 Å². The maximum absolute atomic E-state index is 14.3. The Labute approximate surface area is 161 Å². The van der Waals surface area contributed by atoms with Gasteiger partial charge >= 0.3 is 6.03 Å². The molecule has 8 nitrogen and oxygen atoms in total. The van der Waals surface area contributed by atoms with Gasteiger partial charge in [-0.2, -0.15) is 5.10 Å². The number of aromatic nitrogens is 2. The number of nitrogens with two attached hydrogens (primary N) is 1. The van der Waals surface area contributed by atoms with E-state index in [1.807, 2.05) is 13.8 Å². The molecule has 0 spiro atoms. The molecule has 0 bridgehead atoms. The molecule has 2 aromatic rings. The number of rotatable bonds is 2. The smallest absolute Gasteiger partial charge is 0.354 e. The highest BCUT2D eigenvalue weighted by atomic mass is 32.2. The van der Waals surface area contributed by atoms with E-state index >= 15 is 0 Å². The lowest BCUT2D eigenvalue weighted by Gasteiger charge is -2.32. The van der Waals surface area contributed by atoms with E-state index in [1.165, 1.54) is 6.20 Å². The van der Waals surface area contributed by atoms with Crippen LogP contribution >= 0.6 is 0 Å². The molecule has 2 aliphatic carbocycles. The molecule has 1 aromatic carbocycles. The second-order valence-electron chi connectivity index (χ2n) is 8.03. The van der Waals surface area contributed by atoms with Crippen molar-refractivity contribution in [1.82, 2.24) is 9.78 Å². The van der Waals surface area contributed by atoms with Crippen LogP contribution in [0.3, 0.4) is 0 Å². The fourth-order valence-corrected chi connectivity index (χ4v) is 5.02. The Morgan fingerprint density at radius 3 is 2.46 bits per heavy atom. The molecule has 1 unspecified atom stereocenters. The van der Waals surface area contributed by atoms with Crippen LogP contribution in [0, 0.1) is 5.82 Å². The lowest BCUT2D eigenvalue weighted by atomic mass is 9.76. The highest BCUT2D eigenvalue weighted by Gasteiger charge is 2.36. The van der Waals surface area contributed by atoms with Gasteiger partial charge in [0.1, 0.15) is 16.3 Å². The number of carbonyl (C=O) groups is 1. The topological polar surface area (TPSA) is 112 Å². The maximum Gasteiger partial charge on any atom is 0.354 e. The third-order valence-electron chi connectivity index (χ3n) is 5.54. The number of amides is 2. The van der Waals surface area contributed by atoms with Crippen LogP contribution in [0.5, 0.6) is 5.88 Å². The number of nitrogens with one attached hydrogen (secondary N) is 1. The number of halogens is 1. The highest BCUT2D eigenvalue weighted by Crippen LogP contribution is 2.43. The summed E-state index contributed by atoms with van der Waals surface area (Å²) < 4.78 is 38.3. The Hall–Kier alpha value is -2.46. The number of hydrogen-bond acceptors (Lipinski definition) is 4. The van der Waals surface area contributed by atoms with Gasteiger partial charge in [-0.15, -0.1) is 4.36 Å². The summed E-state index contributed by atoms with van der Waals surface area (Å²) in [6.45, 7) is 4.23.